The van der Waals surface area contributed by atoms with Gasteiger partial charge in [0.2, 0.25) is 11.8 Å². The van der Waals surface area contributed by atoms with Crippen LogP contribution in [0.1, 0.15) is 18.9 Å². The fraction of sp³-hybridized carbons (Fsp3) is 0.429. The summed E-state index contributed by atoms with van der Waals surface area (Å²) in [5.41, 5.74) is 1.97. The summed E-state index contributed by atoms with van der Waals surface area (Å²) in [5.74, 6) is -0.765. The van der Waals surface area contributed by atoms with E-state index in [0.29, 0.717) is 19.5 Å². The molecule has 1 saturated heterocycles. The normalized spacial score (nSPS) is 19.1. The van der Waals surface area contributed by atoms with Gasteiger partial charge in [0.25, 0.3) is 0 Å². The molecule has 1 aromatic rings. The molecule has 1 heterocycles. The summed E-state index contributed by atoms with van der Waals surface area (Å²) in [6.45, 7) is 5.01. The van der Waals surface area contributed by atoms with Crippen molar-refractivity contribution in [1.82, 2.24) is 5.32 Å². The number of amides is 2. The van der Waals surface area contributed by atoms with Crippen molar-refractivity contribution >= 4 is 17.5 Å². The van der Waals surface area contributed by atoms with E-state index in [9.17, 15) is 9.59 Å². The van der Waals surface area contributed by atoms with Crippen molar-refractivity contribution < 1.29 is 9.59 Å². The lowest BCUT2D eigenvalue weighted by Gasteiger charge is -2.18. The Bertz CT molecular complexity index is 471. The highest BCUT2D eigenvalue weighted by atomic mass is 16.2. The molecular weight excluding hydrogens is 228 g/mol. The number of para-hydroxylation sites is 1. The molecule has 0 radical (unpaired) electrons. The standard InChI is InChI=1S/C14H18N2O2/c1-3-15-13(17)11-8-9-16(14(11)18)12-7-5-4-6-10(12)2/h4-7,11H,3,8-9H2,1-2H3,(H,15,17). The molecule has 1 aliphatic rings. The number of hydrogen-bond acceptors (Lipinski definition) is 2. The van der Waals surface area contributed by atoms with Gasteiger partial charge in [0.15, 0.2) is 0 Å². The Morgan fingerprint density at radius 2 is 2.17 bits per heavy atom. The van der Waals surface area contributed by atoms with E-state index < -0.39 is 5.92 Å². The molecule has 2 rings (SSSR count). The molecule has 0 spiro atoms. The average Bonchev–Trinajstić information content (AvgIpc) is 2.72. The fourth-order valence-corrected chi connectivity index (χ4v) is 2.33. The van der Waals surface area contributed by atoms with Crippen molar-refractivity contribution in [3.63, 3.8) is 0 Å². The van der Waals surface area contributed by atoms with E-state index >= 15 is 0 Å². The van der Waals surface area contributed by atoms with Gasteiger partial charge in [-0.25, -0.2) is 0 Å². The Balaban J connectivity index is 2.17. The average molecular weight is 246 g/mol. The van der Waals surface area contributed by atoms with Crippen LogP contribution in [0.15, 0.2) is 24.3 Å². The molecule has 4 nitrogen and oxygen atoms in total. The van der Waals surface area contributed by atoms with Crippen molar-refractivity contribution in [3.8, 4) is 0 Å². The van der Waals surface area contributed by atoms with Crippen LogP contribution in [-0.2, 0) is 9.59 Å². The van der Waals surface area contributed by atoms with Crippen LogP contribution in [0.4, 0.5) is 5.69 Å². The van der Waals surface area contributed by atoms with Crippen LogP contribution in [0.5, 0.6) is 0 Å². The molecule has 2 amide bonds. The zero-order chi connectivity index (χ0) is 13.1. The number of nitrogens with zero attached hydrogens (tertiary/aromatic N) is 1. The van der Waals surface area contributed by atoms with Gasteiger partial charge in [-0.05, 0) is 31.9 Å². The third-order valence-electron chi connectivity index (χ3n) is 3.28. The molecule has 1 aliphatic heterocycles. The Labute approximate surface area is 107 Å². The molecule has 1 N–H and O–H groups in total. The van der Waals surface area contributed by atoms with Gasteiger partial charge in [-0.15, -0.1) is 0 Å². The van der Waals surface area contributed by atoms with Gasteiger partial charge in [0, 0.05) is 18.8 Å². The Kier molecular flexibility index (Phi) is 3.65. The van der Waals surface area contributed by atoms with Gasteiger partial charge in [0.1, 0.15) is 5.92 Å². The summed E-state index contributed by atoms with van der Waals surface area (Å²) in [6, 6.07) is 7.76. The molecule has 4 heteroatoms. The zero-order valence-corrected chi connectivity index (χ0v) is 10.8. The Morgan fingerprint density at radius 3 is 2.83 bits per heavy atom. The highest BCUT2D eigenvalue weighted by Crippen LogP contribution is 2.27. The van der Waals surface area contributed by atoms with Gasteiger partial charge in [-0.2, -0.15) is 0 Å². The van der Waals surface area contributed by atoms with Gasteiger partial charge in [-0.1, -0.05) is 18.2 Å². The van der Waals surface area contributed by atoms with Crippen molar-refractivity contribution in [2.45, 2.75) is 20.3 Å². The van der Waals surface area contributed by atoms with Gasteiger partial charge >= 0.3 is 0 Å². The molecule has 1 fully saturated rings. The molecule has 18 heavy (non-hydrogen) atoms. The van der Waals surface area contributed by atoms with Crippen molar-refractivity contribution in [3.05, 3.63) is 29.8 Å². The quantitative estimate of drug-likeness (QED) is 0.821. The van der Waals surface area contributed by atoms with Gasteiger partial charge in [0.05, 0.1) is 0 Å². The summed E-state index contributed by atoms with van der Waals surface area (Å²) in [4.78, 5) is 25.7. The summed E-state index contributed by atoms with van der Waals surface area (Å²) < 4.78 is 0. The predicted molar refractivity (Wildman–Crippen MR) is 70.3 cm³/mol. The van der Waals surface area contributed by atoms with E-state index in [1.54, 1.807) is 4.90 Å². The van der Waals surface area contributed by atoms with E-state index in [4.69, 9.17) is 0 Å². The Hall–Kier alpha value is -1.84. The fourth-order valence-electron chi connectivity index (χ4n) is 2.33. The Morgan fingerprint density at radius 1 is 1.44 bits per heavy atom. The molecule has 0 bridgehead atoms. The molecule has 0 saturated carbocycles. The van der Waals surface area contributed by atoms with E-state index in [1.165, 1.54) is 0 Å². The van der Waals surface area contributed by atoms with Gasteiger partial charge < -0.3 is 10.2 Å². The lowest BCUT2D eigenvalue weighted by atomic mass is 10.1. The van der Waals surface area contributed by atoms with Crippen LogP contribution in [0.25, 0.3) is 0 Å². The number of hydrogen-bond donors (Lipinski definition) is 1. The first-order valence-electron chi connectivity index (χ1n) is 6.30. The van der Waals surface area contributed by atoms with Crippen LogP contribution >= 0.6 is 0 Å². The number of carbonyl (C=O) groups is 2. The number of benzene rings is 1. The van der Waals surface area contributed by atoms with Crippen molar-refractivity contribution in [2.75, 3.05) is 18.0 Å². The molecule has 1 unspecified atom stereocenters. The van der Waals surface area contributed by atoms with Crippen LogP contribution in [-0.4, -0.2) is 24.9 Å². The second kappa shape index (κ2) is 5.21. The maximum atomic E-state index is 12.2. The number of rotatable bonds is 3. The first-order valence-corrected chi connectivity index (χ1v) is 6.30. The number of carbonyl (C=O) groups excluding carboxylic acids is 2. The minimum Gasteiger partial charge on any atom is -0.356 e. The third kappa shape index (κ3) is 2.23. The van der Waals surface area contributed by atoms with E-state index in [2.05, 4.69) is 5.32 Å². The van der Waals surface area contributed by atoms with E-state index in [0.717, 1.165) is 11.3 Å². The minimum absolute atomic E-state index is 0.0877. The SMILES string of the molecule is CCNC(=O)C1CCN(c2ccccc2C)C1=O. The first-order chi connectivity index (χ1) is 8.65. The number of anilines is 1. The predicted octanol–water partition coefficient (Wildman–Crippen LogP) is 1.48. The van der Waals surface area contributed by atoms with Crippen LogP contribution < -0.4 is 10.2 Å². The van der Waals surface area contributed by atoms with Gasteiger partial charge in [-0.3, -0.25) is 9.59 Å². The molecule has 96 valence electrons. The number of aryl methyl sites for hydroxylation is 1. The second-order valence-electron chi connectivity index (χ2n) is 4.51. The summed E-state index contributed by atoms with van der Waals surface area (Å²) >= 11 is 0. The largest absolute Gasteiger partial charge is 0.356 e. The molecule has 0 aliphatic carbocycles. The maximum Gasteiger partial charge on any atom is 0.239 e. The van der Waals surface area contributed by atoms with Crippen LogP contribution in [0.2, 0.25) is 0 Å². The summed E-state index contributed by atoms with van der Waals surface area (Å²) in [6.07, 6.45) is 0.596. The van der Waals surface area contributed by atoms with Crippen molar-refractivity contribution in [1.29, 1.82) is 0 Å². The minimum atomic E-state index is -0.524. The molecule has 1 aromatic carbocycles. The zero-order valence-electron chi connectivity index (χ0n) is 10.8. The third-order valence-corrected chi connectivity index (χ3v) is 3.28. The molecular formula is C14H18N2O2. The van der Waals surface area contributed by atoms with Crippen LogP contribution in [0, 0.1) is 12.8 Å². The summed E-state index contributed by atoms with van der Waals surface area (Å²) in [5, 5.41) is 2.72. The van der Waals surface area contributed by atoms with E-state index in [1.807, 2.05) is 38.1 Å². The first kappa shape index (κ1) is 12.6. The highest BCUT2D eigenvalue weighted by molar-refractivity contribution is 6.09. The molecule has 1 atom stereocenters. The van der Waals surface area contributed by atoms with E-state index in [-0.39, 0.29) is 11.8 Å². The molecule has 0 aromatic heterocycles. The second-order valence-corrected chi connectivity index (χ2v) is 4.51. The monoisotopic (exact) mass is 246 g/mol. The lowest BCUT2D eigenvalue weighted by molar-refractivity contribution is -0.132. The smallest absolute Gasteiger partial charge is 0.239 e. The summed E-state index contributed by atoms with van der Waals surface area (Å²) in [7, 11) is 0. The van der Waals surface area contributed by atoms with Crippen LogP contribution in [0.3, 0.4) is 0 Å². The maximum absolute atomic E-state index is 12.2. The topological polar surface area (TPSA) is 49.4 Å². The number of nitrogens with one attached hydrogen (secondary N) is 1. The highest BCUT2D eigenvalue weighted by Gasteiger charge is 2.37. The van der Waals surface area contributed by atoms with Crippen molar-refractivity contribution in [2.24, 2.45) is 5.92 Å². The lowest BCUT2D eigenvalue weighted by Crippen LogP contribution is -2.36.